The second-order valence-electron chi connectivity index (χ2n) is 7.72. The average Bonchev–Trinajstić information content (AvgIpc) is 3.39. The van der Waals surface area contributed by atoms with E-state index in [-0.39, 0.29) is 12.1 Å². The zero-order chi connectivity index (χ0) is 23.5. The quantitative estimate of drug-likeness (QED) is 0.249. The summed E-state index contributed by atoms with van der Waals surface area (Å²) in [5.74, 6) is 1.04. The summed E-state index contributed by atoms with van der Waals surface area (Å²) in [5.41, 5.74) is 3.32. The lowest BCUT2D eigenvalue weighted by Gasteiger charge is -2.11. The minimum absolute atomic E-state index is 0.0196. The van der Waals surface area contributed by atoms with Crippen LogP contribution in [-0.2, 0) is 16.6 Å². The van der Waals surface area contributed by atoms with Crippen LogP contribution in [-0.4, -0.2) is 33.4 Å². The van der Waals surface area contributed by atoms with Gasteiger partial charge in [-0.15, -0.1) is 0 Å². The van der Waals surface area contributed by atoms with Crippen molar-refractivity contribution in [1.82, 2.24) is 14.7 Å². The normalized spacial score (nSPS) is 11.6. The van der Waals surface area contributed by atoms with Crippen molar-refractivity contribution in [2.45, 2.75) is 26.9 Å². The number of hydrogen-bond donors (Lipinski definition) is 0. The molecule has 2 aromatic heterocycles. The Morgan fingerprint density at radius 2 is 2.09 bits per heavy atom. The molecule has 2 heterocycles. The largest absolute Gasteiger partial charge is 0.489 e. The van der Waals surface area contributed by atoms with Gasteiger partial charge in [-0.1, -0.05) is 28.9 Å². The molecule has 4 aromatic rings. The number of rotatable bonds is 7. The van der Waals surface area contributed by atoms with Crippen molar-refractivity contribution >= 4 is 34.5 Å². The summed E-state index contributed by atoms with van der Waals surface area (Å²) >= 11 is 6.36. The third-order valence-electron chi connectivity index (χ3n) is 4.93. The first-order valence-electron chi connectivity index (χ1n) is 10.6. The molecule has 0 radical (unpaired) electrons. The maximum absolute atomic E-state index is 11.7. The Kier molecular flexibility index (Phi) is 6.51. The highest BCUT2D eigenvalue weighted by Crippen LogP contribution is 2.34. The summed E-state index contributed by atoms with van der Waals surface area (Å²) in [5, 5.41) is 5.63. The van der Waals surface area contributed by atoms with E-state index in [1.807, 2.05) is 55.9 Å². The number of hydrogen-bond acceptors (Lipinski definition) is 6. The van der Waals surface area contributed by atoms with Gasteiger partial charge in [-0.25, -0.2) is 4.79 Å². The van der Waals surface area contributed by atoms with Gasteiger partial charge in [0.25, 0.3) is 5.89 Å². The molecule has 0 saturated carbocycles. The molecular formula is C25H24ClN3O4. The van der Waals surface area contributed by atoms with Crippen molar-refractivity contribution in [2.24, 2.45) is 7.05 Å². The fourth-order valence-corrected chi connectivity index (χ4v) is 3.82. The number of ether oxygens (including phenoxy) is 2. The van der Waals surface area contributed by atoms with E-state index in [1.165, 1.54) is 6.08 Å². The smallest absolute Gasteiger partial charge is 0.330 e. The standard InChI is InChI=1S/C25H24ClN3O4/c1-5-31-22(30)12-10-17-14-29(4)23-18(17)7-6-8-19(23)24-27-25(33-28-24)16-9-11-21(20(26)13-16)32-15(2)3/h6-15H,5H2,1-4H3/b12-10+. The average molecular weight is 466 g/mol. The summed E-state index contributed by atoms with van der Waals surface area (Å²) in [7, 11) is 1.93. The topological polar surface area (TPSA) is 79.4 Å². The first kappa shape index (κ1) is 22.6. The van der Waals surface area contributed by atoms with Crippen molar-refractivity contribution in [2.75, 3.05) is 6.61 Å². The number of esters is 1. The highest BCUT2D eigenvalue weighted by molar-refractivity contribution is 6.32. The van der Waals surface area contributed by atoms with Crippen LogP contribution in [0.4, 0.5) is 0 Å². The third-order valence-corrected chi connectivity index (χ3v) is 5.22. The molecule has 0 fully saturated rings. The maximum Gasteiger partial charge on any atom is 0.330 e. The van der Waals surface area contributed by atoms with E-state index in [2.05, 4.69) is 10.1 Å². The predicted molar refractivity (Wildman–Crippen MR) is 128 cm³/mol. The monoisotopic (exact) mass is 465 g/mol. The Hall–Kier alpha value is -3.58. The Labute approximate surface area is 196 Å². The van der Waals surface area contributed by atoms with Gasteiger partial charge in [-0.2, -0.15) is 4.98 Å². The minimum Gasteiger partial charge on any atom is -0.489 e. The van der Waals surface area contributed by atoms with E-state index in [0.29, 0.717) is 34.7 Å². The first-order valence-corrected chi connectivity index (χ1v) is 11.0. The minimum atomic E-state index is -0.378. The fraction of sp³-hybridized carbons (Fsp3) is 0.240. The molecule has 170 valence electrons. The highest BCUT2D eigenvalue weighted by Gasteiger charge is 2.17. The zero-order valence-electron chi connectivity index (χ0n) is 18.8. The number of para-hydroxylation sites is 1. The van der Waals surface area contributed by atoms with Gasteiger partial charge in [0, 0.05) is 41.4 Å². The van der Waals surface area contributed by atoms with Crippen LogP contribution >= 0.6 is 11.6 Å². The molecule has 2 aromatic carbocycles. The molecule has 4 rings (SSSR count). The van der Waals surface area contributed by atoms with Crippen LogP contribution in [0.2, 0.25) is 5.02 Å². The van der Waals surface area contributed by atoms with E-state index >= 15 is 0 Å². The lowest BCUT2D eigenvalue weighted by Crippen LogP contribution is -2.05. The Balaban J connectivity index is 1.69. The Morgan fingerprint density at radius 3 is 2.82 bits per heavy atom. The molecule has 0 saturated heterocycles. The number of nitrogens with zero attached hydrogens (tertiary/aromatic N) is 3. The van der Waals surface area contributed by atoms with E-state index in [1.54, 1.807) is 25.1 Å². The molecule has 0 unspecified atom stereocenters. The molecule has 0 aliphatic heterocycles. The zero-order valence-corrected chi connectivity index (χ0v) is 19.6. The van der Waals surface area contributed by atoms with Crippen LogP contribution in [0, 0.1) is 0 Å². The van der Waals surface area contributed by atoms with Gasteiger partial charge in [-0.05, 0) is 51.1 Å². The molecule has 0 spiro atoms. The van der Waals surface area contributed by atoms with Crippen molar-refractivity contribution in [3.8, 4) is 28.6 Å². The van der Waals surface area contributed by atoms with Crippen LogP contribution in [0.5, 0.6) is 5.75 Å². The molecule has 8 heteroatoms. The summed E-state index contributed by atoms with van der Waals surface area (Å²) < 4.78 is 18.2. The fourth-order valence-electron chi connectivity index (χ4n) is 3.59. The molecule has 0 atom stereocenters. The van der Waals surface area contributed by atoms with Crippen LogP contribution in [0.1, 0.15) is 26.3 Å². The number of halogens is 1. The Bertz CT molecular complexity index is 1340. The molecule has 0 bridgehead atoms. The molecular weight excluding hydrogens is 442 g/mol. The van der Waals surface area contributed by atoms with Gasteiger partial charge in [0.05, 0.1) is 23.3 Å². The number of aromatic nitrogens is 3. The van der Waals surface area contributed by atoms with Crippen LogP contribution in [0.25, 0.3) is 39.8 Å². The second kappa shape index (κ2) is 9.50. The van der Waals surface area contributed by atoms with Crippen molar-refractivity contribution in [3.63, 3.8) is 0 Å². The van der Waals surface area contributed by atoms with Crippen molar-refractivity contribution < 1.29 is 18.8 Å². The van der Waals surface area contributed by atoms with Crippen LogP contribution < -0.4 is 4.74 Å². The molecule has 0 N–H and O–H groups in total. The highest BCUT2D eigenvalue weighted by atomic mass is 35.5. The number of carbonyl (C=O) groups is 1. The molecule has 33 heavy (non-hydrogen) atoms. The summed E-state index contributed by atoms with van der Waals surface area (Å²) in [6.45, 7) is 5.99. The maximum atomic E-state index is 11.7. The van der Waals surface area contributed by atoms with Crippen LogP contribution in [0.15, 0.2) is 53.2 Å². The summed E-state index contributed by atoms with van der Waals surface area (Å²) in [6.07, 6.45) is 5.13. The van der Waals surface area contributed by atoms with Gasteiger partial charge in [0.2, 0.25) is 5.82 Å². The van der Waals surface area contributed by atoms with E-state index < -0.39 is 0 Å². The first-order chi connectivity index (χ1) is 15.9. The van der Waals surface area contributed by atoms with E-state index in [4.69, 9.17) is 25.6 Å². The van der Waals surface area contributed by atoms with E-state index in [0.717, 1.165) is 22.0 Å². The Morgan fingerprint density at radius 1 is 1.27 bits per heavy atom. The van der Waals surface area contributed by atoms with Gasteiger partial charge in [-0.3, -0.25) is 0 Å². The SMILES string of the molecule is CCOC(=O)/C=C/c1cn(C)c2c(-c3noc(-c4ccc(OC(C)C)c(Cl)c4)n3)cccc12. The number of fused-ring (bicyclic) bond motifs is 1. The van der Waals surface area contributed by atoms with Gasteiger partial charge in [0.1, 0.15) is 5.75 Å². The van der Waals surface area contributed by atoms with Crippen molar-refractivity contribution in [3.05, 3.63) is 59.3 Å². The van der Waals surface area contributed by atoms with Gasteiger partial charge in [0.15, 0.2) is 0 Å². The van der Waals surface area contributed by atoms with E-state index in [9.17, 15) is 4.79 Å². The third kappa shape index (κ3) is 4.78. The summed E-state index contributed by atoms with van der Waals surface area (Å²) in [6, 6.07) is 11.2. The van der Waals surface area contributed by atoms with Crippen molar-refractivity contribution in [1.29, 1.82) is 0 Å². The molecule has 7 nitrogen and oxygen atoms in total. The lowest BCUT2D eigenvalue weighted by atomic mass is 10.1. The summed E-state index contributed by atoms with van der Waals surface area (Å²) in [4.78, 5) is 16.3. The molecule has 0 aliphatic rings. The molecule has 0 amide bonds. The van der Waals surface area contributed by atoms with Crippen LogP contribution in [0.3, 0.4) is 0 Å². The number of benzene rings is 2. The number of carbonyl (C=O) groups excluding carboxylic acids is 1. The predicted octanol–water partition coefficient (Wildman–Crippen LogP) is 5.91. The number of aryl methyl sites for hydroxylation is 1. The second-order valence-corrected chi connectivity index (χ2v) is 8.12. The van der Waals surface area contributed by atoms with Gasteiger partial charge >= 0.3 is 5.97 Å². The lowest BCUT2D eigenvalue weighted by molar-refractivity contribution is -0.137. The van der Waals surface area contributed by atoms with Gasteiger partial charge < -0.3 is 18.6 Å². The molecule has 0 aliphatic carbocycles.